The van der Waals surface area contributed by atoms with Gasteiger partial charge in [-0.25, -0.2) is 13.2 Å². The lowest BCUT2D eigenvalue weighted by Crippen LogP contribution is -2.36. The van der Waals surface area contributed by atoms with Gasteiger partial charge >= 0.3 is 6.09 Å². The van der Waals surface area contributed by atoms with E-state index in [1.54, 1.807) is 0 Å². The first-order valence-electron chi connectivity index (χ1n) is 4.80. The summed E-state index contributed by atoms with van der Waals surface area (Å²) in [4.78, 5) is 11.2. The van der Waals surface area contributed by atoms with E-state index in [1.807, 2.05) is 0 Å². The predicted molar refractivity (Wildman–Crippen MR) is 51.3 cm³/mol. The lowest BCUT2D eigenvalue weighted by Gasteiger charge is -2.10. The zero-order valence-corrected chi connectivity index (χ0v) is 8.96. The number of carbonyl (C=O) groups is 1. The summed E-state index contributed by atoms with van der Waals surface area (Å²) in [6, 6.07) is -0.303. The maximum Gasteiger partial charge on any atom is 0.407 e. The molecule has 0 saturated carbocycles. The normalized spacial score (nSPS) is 32.3. The number of epoxide rings is 1. The van der Waals surface area contributed by atoms with Gasteiger partial charge in [0, 0.05) is 6.04 Å². The minimum Gasteiger partial charge on any atom is -0.447 e. The number of ether oxygens (including phenoxy) is 2. The topological polar surface area (TPSA) is 85.0 Å². The van der Waals surface area contributed by atoms with Crippen LogP contribution in [-0.4, -0.2) is 51.4 Å². The second-order valence-electron chi connectivity index (χ2n) is 3.80. The van der Waals surface area contributed by atoms with Crippen LogP contribution in [0.1, 0.15) is 6.42 Å². The van der Waals surface area contributed by atoms with Crippen LogP contribution in [0.15, 0.2) is 0 Å². The number of amides is 1. The molecule has 1 N–H and O–H groups in total. The fourth-order valence-corrected chi connectivity index (χ4v) is 3.12. The maximum atomic E-state index is 11.2. The highest BCUT2D eigenvalue weighted by Crippen LogP contribution is 2.12. The van der Waals surface area contributed by atoms with Crippen molar-refractivity contribution >= 4 is 15.9 Å². The molecule has 86 valence electrons. The molecule has 0 bridgehead atoms. The van der Waals surface area contributed by atoms with Crippen LogP contribution in [0.5, 0.6) is 0 Å². The zero-order chi connectivity index (χ0) is 10.9. The Bertz CT molecular complexity index is 348. The Kier molecular flexibility index (Phi) is 2.83. The number of hydrogen-bond donors (Lipinski definition) is 1. The smallest absolute Gasteiger partial charge is 0.407 e. The maximum absolute atomic E-state index is 11.2. The minimum atomic E-state index is -2.95. The molecule has 0 aliphatic carbocycles. The second-order valence-corrected chi connectivity index (χ2v) is 6.03. The van der Waals surface area contributed by atoms with E-state index in [0.717, 1.165) is 0 Å². The van der Waals surface area contributed by atoms with Crippen molar-refractivity contribution < 1.29 is 22.7 Å². The third-order valence-corrected chi connectivity index (χ3v) is 4.13. The Morgan fingerprint density at radius 3 is 2.80 bits per heavy atom. The molecule has 0 aromatic carbocycles. The van der Waals surface area contributed by atoms with E-state index < -0.39 is 15.9 Å². The van der Waals surface area contributed by atoms with Gasteiger partial charge in [0.05, 0.1) is 18.1 Å². The third kappa shape index (κ3) is 3.35. The van der Waals surface area contributed by atoms with Crippen LogP contribution in [-0.2, 0) is 19.3 Å². The molecule has 2 atom stereocenters. The van der Waals surface area contributed by atoms with Crippen LogP contribution >= 0.6 is 0 Å². The molecule has 2 saturated heterocycles. The summed E-state index contributed by atoms with van der Waals surface area (Å²) < 4.78 is 31.9. The molecule has 2 heterocycles. The highest BCUT2D eigenvalue weighted by Gasteiger charge is 2.30. The number of carbonyl (C=O) groups excluding carboxylic acids is 1. The van der Waals surface area contributed by atoms with Crippen molar-refractivity contribution in [1.29, 1.82) is 0 Å². The average Bonchev–Trinajstić information content (AvgIpc) is 2.89. The Balaban J connectivity index is 1.69. The van der Waals surface area contributed by atoms with E-state index in [2.05, 4.69) is 5.32 Å². The molecule has 2 fully saturated rings. The van der Waals surface area contributed by atoms with Gasteiger partial charge in [-0.3, -0.25) is 0 Å². The molecule has 2 aliphatic rings. The number of nitrogens with one attached hydrogen (secondary N) is 1. The second kappa shape index (κ2) is 3.97. The molecule has 0 unspecified atom stereocenters. The van der Waals surface area contributed by atoms with Crippen LogP contribution < -0.4 is 5.32 Å². The highest BCUT2D eigenvalue weighted by atomic mass is 32.2. The molecule has 0 aromatic heterocycles. The summed E-state index contributed by atoms with van der Waals surface area (Å²) in [7, 11) is -2.95. The summed E-state index contributed by atoms with van der Waals surface area (Å²) >= 11 is 0. The first-order chi connectivity index (χ1) is 7.05. The molecule has 0 radical (unpaired) electrons. The highest BCUT2D eigenvalue weighted by molar-refractivity contribution is 7.91. The summed E-state index contributed by atoms with van der Waals surface area (Å²) in [6.45, 7) is 0.871. The van der Waals surface area contributed by atoms with Gasteiger partial charge in [-0.15, -0.1) is 0 Å². The van der Waals surface area contributed by atoms with Gasteiger partial charge < -0.3 is 14.8 Å². The van der Waals surface area contributed by atoms with Crippen molar-refractivity contribution in [1.82, 2.24) is 5.32 Å². The lowest BCUT2D eigenvalue weighted by atomic mass is 10.3. The van der Waals surface area contributed by atoms with Crippen molar-refractivity contribution in [2.75, 3.05) is 24.7 Å². The largest absolute Gasteiger partial charge is 0.447 e. The van der Waals surface area contributed by atoms with E-state index in [0.29, 0.717) is 13.0 Å². The first kappa shape index (κ1) is 10.7. The van der Waals surface area contributed by atoms with Crippen LogP contribution in [0, 0.1) is 0 Å². The monoisotopic (exact) mass is 235 g/mol. The SMILES string of the molecule is O=C(N[C@@H]1CCS(=O)(=O)C1)OC[C@H]1CO1. The summed E-state index contributed by atoms with van der Waals surface area (Å²) in [5.41, 5.74) is 0. The fourth-order valence-electron chi connectivity index (χ4n) is 1.45. The molecular weight excluding hydrogens is 222 g/mol. The third-order valence-electron chi connectivity index (χ3n) is 2.36. The molecule has 1 amide bonds. The molecule has 2 aliphatic heterocycles. The molecule has 6 nitrogen and oxygen atoms in total. The minimum absolute atomic E-state index is 0.0159. The van der Waals surface area contributed by atoms with Gasteiger partial charge in [0.15, 0.2) is 9.84 Å². The molecule has 0 spiro atoms. The van der Waals surface area contributed by atoms with Crippen molar-refractivity contribution in [3.8, 4) is 0 Å². The number of rotatable bonds is 3. The Labute approximate surface area is 87.8 Å². The number of sulfone groups is 1. The van der Waals surface area contributed by atoms with E-state index in [4.69, 9.17) is 9.47 Å². The summed E-state index contributed by atoms with van der Waals surface area (Å²) in [5, 5.41) is 2.52. The molecule has 2 rings (SSSR count). The number of hydrogen-bond acceptors (Lipinski definition) is 5. The first-order valence-corrected chi connectivity index (χ1v) is 6.63. The van der Waals surface area contributed by atoms with Crippen molar-refractivity contribution in [3.63, 3.8) is 0 Å². The van der Waals surface area contributed by atoms with Gasteiger partial charge in [-0.1, -0.05) is 0 Å². The van der Waals surface area contributed by atoms with Gasteiger partial charge in [0.2, 0.25) is 0 Å². The van der Waals surface area contributed by atoms with Crippen LogP contribution in [0.3, 0.4) is 0 Å². The van der Waals surface area contributed by atoms with Gasteiger partial charge in [-0.2, -0.15) is 0 Å². The van der Waals surface area contributed by atoms with Crippen LogP contribution in [0.2, 0.25) is 0 Å². The van der Waals surface area contributed by atoms with Gasteiger partial charge in [0.25, 0.3) is 0 Å². The molecule has 0 aromatic rings. The Hall–Kier alpha value is -0.820. The summed E-state index contributed by atoms with van der Waals surface area (Å²) in [6.07, 6.45) is -0.0622. The average molecular weight is 235 g/mol. The van der Waals surface area contributed by atoms with Gasteiger partial charge in [0.1, 0.15) is 12.7 Å². The zero-order valence-electron chi connectivity index (χ0n) is 8.14. The fraction of sp³-hybridized carbons (Fsp3) is 0.875. The van der Waals surface area contributed by atoms with E-state index in [9.17, 15) is 13.2 Å². The summed E-state index contributed by atoms with van der Waals surface area (Å²) in [5.74, 6) is 0.158. The molecule has 15 heavy (non-hydrogen) atoms. The van der Waals surface area contributed by atoms with E-state index >= 15 is 0 Å². The van der Waals surface area contributed by atoms with Crippen molar-refractivity contribution in [2.45, 2.75) is 18.6 Å². The van der Waals surface area contributed by atoms with Crippen LogP contribution in [0.25, 0.3) is 0 Å². The lowest BCUT2D eigenvalue weighted by molar-refractivity contribution is 0.133. The molecule has 7 heteroatoms. The van der Waals surface area contributed by atoms with Crippen molar-refractivity contribution in [2.24, 2.45) is 0 Å². The number of alkyl carbamates (subject to hydrolysis) is 1. The molecular formula is C8H13NO5S. The Morgan fingerprint density at radius 2 is 2.27 bits per heavy atom. The van der Waals surface area contributed by atoms with E-state index in [1.165, 1.54) is 0 Å². The quantitative estimate of drug-likeness (QED) is 0.654. The Morgan fingerprint density at radius 1 is 1.53 bits per heavy atom. The van der Waals surface area contributed by atoms with E-state index in [-0.39, 0.29) is 30.3 Å². The predicted octanol–water partition coefficient (Wildman–Crippen LogP) is -0.702. The van der Waals surface area contributed by atoms with Gasteiger partial charge in [-0.05, 0) is 6.42 Å². The van der Waals surface area contributed by atoms with Crippen molar-refractivity contribution in [3.05, 3.63) is 0 Å². The van der Waals surface area contributed by atoms with Crippen LogP contribution in [0.4, 0.5) is 4.79 Å². The standard InChI is InChI=1S/C8H13NO5S/c10-8(14-4-7-3-13-7)9-6-1-2-15(11,12)5-6/h6-7H,1-5H2,(H,9,10)/t6-,7-/m1/s1.